The van der Waals surface area contributed by atoms with Gasteiger partial charge >= 0.3 is 6.03 Å². The Bertz CT molecular complexity index is 801. The summed E-state index contributed by atoms with van der Waals surface area (Å²) in [5.74, 6) is 0.179. The Kier molecular flexibility index (Phi) is 5.34. The van der Waals surface area contributed by atoms with E-state index in [-0.39, 0.29) is 17.4 Å². The Morgan fingerprint density at radius 2 is 1.93 bits per heavy atom. The highest BCUT2D eigenvalue weighted by atomic mass is 16.2. The van der Waals surface area contributed by atoms with Crippen LogP contribution in [0.5, 0.6) is 0 Å². The van der Waals surface area contributed by atoms with Gasteiger partial charge in [0, 0.05) is 56.5 Å². The number of carbonyl (C=O) groups is 2. The molecule has 0 spiro atoms. The zero-order valence-electron chi connectivity index (χ0n) is 15.8. The van der Waals surface area contributed by atoms with Gasteiger partial charge in [-0.1, -0.05) is 20.8 Å². The van der Waals surface area contributed by atoms with E-state index in [0.717, 1.165) is 5.56 Å². The van der Waals surface area contributed by atoms with E-state index in [9.17, 15) is 9.59 Å². The molecule has 0 saturated carbocycles. The number of amides is 3. The molecule has 27 heavy (non-hydrogen) atoms. The monoisotopic (exact) mass is 368 g/mol. The molecule has 8 heteroatoms. The molecule has 3 heterocycles. The molecule has 0 aromatic carbocycles. The summed E-state index contributed by atoms with van der Waals surface area (Å²) in [5, 5.41) is 2.80. The van der Waals surface area contributed by atoms with Crippen LogP contribution in [0.4, 0.5) is 10.7 Å². The van der Waals surface area contributed by atoms with Gasteiger partial charge in [-0.3, -0.25) is 14.7 Å². The van der Waals surface area contributed by atoms with Crippen molar-refractivity contribution in [3.63, 3.8) is 0 Å². The highest BCUT2D eigenvalue weighted by Crippen LogP contribution is 2.21. The molecule has 142 valence electrons. The lowest BCUT2D eigenvalue weighted by Crippen LogP contribution is -2.37. The van der Waals surface area contributed by atoms with Crippen LogP contribution in [-0.4, -0.2) is 51.4 Å². The molecular formula is C19H24N6O2. The SMILES string of the molecule is CC(C)(C)CN1CCN(c2ncc(CNC(=O)c3cccnc3)cn2)C1=O. The minimum absolute atomic E-state index is 0.0445. The van der Waals surface area contributed by atoms with Crippen molar-refractivity contribution in [3.8, 4) is 0 Å². The van der Waals surface area contributed by atoms with Crippen molar-refractivity contribution in [1.29, 1.82) is 0 Å². The predicted octanol–water partition coefficient (Wildman–Crippen LogP) is 2.09. The molecule has 1 fully saturated rings. The van der Waals surface area contributed by atoms with E-state index in [1.54, 1.807) is 35.6 Å². The van der Waals surface area contributed by atoms with Crippen molar-refractivity contribution in [2.75, 3.05) is 24.5 Å². The van der Waals surface area contributed by atoms with Gasteiger partial charge < -0.3 is 10.2 Å². The van der Waals surface area contributed by atoms with Crippen LogP contribution in [0.3, 0.4) is 0 Å². The zero-order valence-corrected chi connectivity index (χ0v) is 15.8. The van der Waals surface area contributed by atoms with E-state index in [4.69, 9.17) is 0 Å². The number of pyridine rings is 1. The van der Waals surface area contributed by atoms with Crippen LogP contribution in [-0.2, 0) is 6.54 Å². The quantitative estimate of drug-likeness (QED) is 0.872. The number of carbonyl (C=O) groups excluding carboxylic acids is 2. The molecule has 1 aliphatic rings. The third-order valence-corrected chi connectivity index (χ3v) is 4.07. The number of hydrogen-bond acceptors (Lipinski definition) is 5. The first-order valence-electron chi connectivity index (χ1n) is 8.89. The van der Waals surface area contributed by atoms with Gasteiger partial charge in [0.2, 0.25) is 5.95 Å². The van der Waals surface area contributed by atoms with Crippen molar-refractivity contribution in [2.24, 2.45) is 5.41 Å². The summed E-state index contributed by atoms with van der Waals surface area (Å²) in [7, 11) is 0. The van der Waals surface area contributed by atoms with Gasteiger partial charge in [0.05, 0.1) is 5.56 Å². The second kappa shape index (κ2) is 7.69. The van der Waals surface area contributed by atoms with Gasteiger partial charge in [0.1, 0.15) is 0 Å². The van der Waals surface area contributed by atoms with Crippen molar-refractivity contribution in [3.05, 3.63) is 48.0 Å². The fourth-order valence-electron chi connectivity index (χ4n) is 2.85. The molecule has 0 unspecified atom stereocenters. The van der Waals surface area contributed by atoms with Gasteiger partial charge in [0.15, 0.2) is 0 Å². The summed E-state index contributed by atoms with van der Waals surface area (Å²) in [6.07, 6.45) is 6.39. The molecule has 1 saturated heterocycles. The fourth-order valence-corrected chi connectivity index (χ4v) is 2.85. The first kappa shape index (κ1) is 18.8. The summed E-state index contributed by atoms with van der Waals surface area (Å²) >= 11 is 0. The number of urea groups is 1. The number of hydrogen-bond donors (Lipinski definition) is 1. The standard InChI is InChI=1S/C19H24N6O2/c1-19(2,3)13-24-7-8-25(18(24)27)17-22-10-14(11-23-17)9-21-16(26)15-5-4-6-20-12-15/h4-6,10-12H,7-9,13H2,1-3H3,(H,21,26). The molecule has 8 nitrogen and oxygen atoms in total. The average molecular weight is 368 g/mol. The second-order valence-corrected chi connectivity index (χ2v) is 7.73. The van der Waals surface area contributed by atoms with E-state index < -0.39 is 0 Å². The van der Waals surface area contributed by atoms with Crippen LogP contribution >= 0.6 is 0 Å². The van der Waals surface area contributed by atoms with Crippen LogP contribution in [0.15, 0.2) is 36.9 Å². The summed E-state index contributed by atoms with van der Waals surface area (Å²) in [5.41, 5.74) is 1.30. The van der Waals surface area contributed by atoms with Crippen molar-refractivity contribution in [1.82, 2.24) is 25.2 Å². The van der Waals surface area contributed by atoms with Gasteiger partial charge in [-0.2, -0.15) is 0 Å². The molecule has 0 atom stereocenters. The fraction of sp³-hybridized carbons (Fsp3) is 0.421. The van der Waals surface area contributed by atoms with Crippen LogP contribution in [0, 0.1) is 5.41 Å². The number of rotatable bonds is 5. The molecule has 2 aromatic rings. The molecule has 1 N–H and O–H groups in total. The third-order valence-electron chi connectivity index (χ3n) is 4.07. The van der Waals surface area contributed by atoms with E-state index in [1.807, 2.05) is 4.90 Å². The van der Waals surface area contributed by atoms with Crippen LogP contribution in [0.1, 0.15) is 36.7 Å². The lowest BCUT2D eigenvalue weighted by atomic mass is 9.96. The second-order valence-electron chi connectivity index (χ2n) is 7.73. The number of nitrogens with zero attached hydrogens (tertiary/aromatic N) is 5. The van der Waals surface area contributed by atoms with Gasteiger partial charge in [-0.25, -0.2) is 14.8 Å². The van der Waals surface area contributed by atoms with E-state index in [0.29, 0.717) is 37.7 Å². The minimum Gasteiger partial charge on any atom is -0.348 e. The Morgan fingerprint density at radius 3 is 2.56 bits per heavy atom. The number of nitrogens with one attached hydrogen (secondary N) is 1. The van der Waals surface area contributed by atoms with E-state index in [2.05, 4.69) is 41.0 Å². The normalized spacial score (nSPS) is 14.6. The molecule has 3 rings (SSSR count). The summed E-state index contributed by atoms with van der Waals surface area (Å²) in [6.45, 7) is 8.56. The molecule has 0 radical (unpaired) electrons. The van der Waals surface area contributed by atoms with Crippen molar-refractivity contribution < 1.29 is 9.59 Å². The summed E-state index contributed by atoms with van der Waals surface area (Å²) in [6, 6.07) is 3.34. The summed E-state index contributed by atoms with van der Waals surface area (Å²) < 4.78 is 0. The highest BCUT2D eigenvalue weighted by molar-refractivity contribution is 5.93. The van der Waals surface area contributed by atoms with Crippen LogP contribution in [0.25, 0.3) is 0 Å². The minimum atomic E-state index is -0.209. The largest absolute Gasteiger partial charge is 0.348 e. The Labute approximate surface area is 158 Å². The topological polar surface area (TPSA) is 91.3 Å². The van der Waals surface area contributed by atoms with Crippen molar-refractivity contribution >= 4 is 17.9 Å². The Morgan fingerprint density at radius 1 is 1.19 bits per heavy atom. The smallest absolute Gasteiger partial charge is 0.327 e. The molecule has 0 aliphatic carbocycles. The lowest BCUT2D eigenvalue weighted by molar-refractivity contribution is 0.0950. The average Bonchev–Trinajstić information content (AvgIpc) is 3.00. The zero-order chi connectivity index (χ0) is 19.4. The maximum absolute atomic E-state index is 12.5. The number of anilines is 1. The lowest BCUT2D eigenvalue weighted by Gasteiger charge is -2.26. The molecule has 3 amide bonds. The van der Waals surface area contributed by atoms with Gasteiger partial charge in [0.25, 0.3) is 5.91 Å². The van der Waals surface area contributed by atoms with Crippen molar-refractivity contribution in [2.45, 2.75) is 27.3 Å². The molecule has 0 bridgehead atoms. The summed E-state index contributed by atoms with van der Waals surface area (Å²) in [4.78, 5) is 40.5. The van der Waals surface area contributed by atoms with Gasteiger partial charge in [-0.05, 0) is 17.5 Å². The van der Waals surface area contributed by atoms with E-state index >= 15 is 0 Å². The Balaban J connectivity index is 1.58. The molecule has 1 aliphatic heterocycles. The first-order valence-corrected chi connectivity index (χ1v) is 8.89. The number of aromatic nitrogens is 3. The van der Waals surface area contributed by atoms with Gasteiger partial charge in [-0.15, -0.1) is 0 Å². The highest BCUT2D eigenvalue weighted by Gasteiger charge is 2.33. The molecular weight excluding hydrogens is 344 g/mol. The predicted molar refractivity (Wildman–Crippen MR) is 101 cm³/mol. The maximum Gasteiger partial charge on any atom is 0.327 e. The first-order chi connectivity index (χ1) is 12.8. The third kappa shape index (κ3) is 4.78. The van der Waals surface area contributed by atoms with E-state index in [1.165, 1.54) is 6.20 Å². The maximum atomic E-state index is 12.5. The van der Waals surface area contributed by atoms with Crippen LogP contribution in [0.2, 0.25) is 0 Å². The molecule has 2 aromatic heterocycles. The Hall–Kier alpha value is -3.03. The van der Waals surface area contributed by atoms with Crippen LogP contribution < -0.4 is 10.2 Å².